The number of benzene rings is 3. The number of amides is 2. The van der Waals surface area contributed by atoms with Gasteiger partial charge in [0, 0.05) is 41.2 Å². The highest BCUT2D eigenvalue weighted by Gasteiger charge is 2.35. The van der Waals surface area contributed by atoms with Crippen LogP contribution in [-0.4, -0.2) is 18.4 Å². The first-order chi connectivity index (χ1) is 14.5. The summed E-state index contributed by atoms with van der Waals surface area (Å²) in [5.41, 5.74) is 5.38. The molecule has 1 saturated heterocycles. The SMILES string of the molecule is Cc1ccc(N2C[C@H](C(=O)Nc3ccc4c(c3)oc3ccccc34)CC2=O)cc1C. The summed E-state index contributed by atoms with van der Waals surface area (Å²) in [6.45, 7) is 4.46. The number of furan rings is 1. The summed E-state index contributed by atoms with van der Waals surface area (Å²) < 4.78 is 5.90. The van der Waals surface area contributed by atoms with Gasteiger partial charge in [-0.1, -0.05) is 24.3 Å². The van der Waals surface area contributed by atoms with Crippen molar-refractivity contribution in [2.45, 2.75) is 20.3 Å². The fourth-order valence-electron chi connectivity index (χ4n) is 4.07. The number of hydrogen-bond donors (Lipinski definition) is 1. The summed E-state index contributed by atoms with van der Waals surface area (Å²) in [4.78, 5) is 27.1. The van der Waals surface area contributed by atoms with Crippen LogP contribution in [0.4, 0.5) is 11.4 Å². The molecule has 1 aliphatic rings. The van der Waals surface area contributed by atoms with Gasteiger partial charge in [-0.3, -0.25) is 9.59 Å². The second-order valence-electron chi connectivity index (χ2n) is 7.97. The number of carbonyl (C=O) groups is 2. The maximum Gasteiger partial charge on any atom is 0.229 e. The van der Waals surface area contributed by atoms with Gasteiger partial charge in [0.15, 0.2) is 0 Å². The summed E-state index contributed by atoms with van der Waals surface area (Å²) in [5, 5.41) is 5.02. The monoisotopic (exact) mass is 398 g/mol. The molecular weight excluding hydrogens is 376 g/mol. The summed E-state index contributed by atoms with van der Waals surface area (Å²) in [7, 11) is 0. The third kappa shape index (κ3) is 3.12. The standard InChI is InChI=1S/C25H22N2O3/c1-15-7-9-19(11-16(15)2)27-14-17(12-24(27)28)25(29)26-18-8-10-21-20-5-3-4-6-22(20)30-23(21)13-18/h3-11,13,17H,12,14H2,1-2H3,(H,26,29)/t17-/m1/s1. The fourth-order valence-corrected chi connectivity index (χ4v) is 4.07. The Morgan fingerprint density at radius 3 is 2.60 bits per heavy atom. The highest BCUT2D eigenvalue weighted by Crippen LogP contribution is 2.31. The molecule has 1 aliphatic heterocycles. The third-order valence-corrected chi connectivity index (χ3v) is 5.94. The van der Waals surface area contributed by atoms with Crippen molar-refractivity contribution in [3.63, 3.8) is 0 Å². The lowest BCUT2D eigenvalue weighted by atomic mass is 10.1. The molecule has 4 aromatic rings. The van der Waals surface area contributed by atoms with Gasteiger partial charge in [0.05, 0.1) is 5.92 Å². The summed E-state index contributed by atoms with van der Waals surface area (Å²) in [6.07, 6.45) is 0.214. The predicted octanol–water partition coefficient (Wildman–Crippen LogP) is 5.19. The van der Waals surface area contributed by atoms with Crippen LogP contribution in [0.1, 0.15) is 17.5 Å². The first-order valence-corrected chi connectivity index (χ1v) is 10.1. The number of aryl methyl sites for hydroxylation is 2. The molecule has 1 N–H and O–H groups in total. The Kier molecular flexibility index (Phi) is 4.31. The lowest BCUT2D eigenvalue weighted by molar-refractivity contribution is -0.122. The second kappa shape index (κ2) is 7.02. The van der Waals surface area contributed by atoms with E-state index in [4.69, 9.17) is 4.42 Å². The Morgan fingerprint density at radius 2 is 1.77 bits per heavy atom. The minimum absolute atomic E-state index is 0.0221. The van der Waals surface area contributed by atoms with Crippen LogP contribution in [0.25, 0.3) is 21.9 Å². The van der Waals surface area contributed by atoms with Crippen molar-refractivity contribution in [2.24, 2.45) is 5.92 Å². The van der Waals surface area contributed by atoms with E-state index in [0.717, 1.165) is 33.2 Å². The third-order valence-electron chi connectivity index (χ3n) is 5.94. The molecular formula is C25H22N2O3. The summed E-state index contributed by atoms with van der Waals surface area (Å²) in [6, 6.07) is 19.5. The number of para-hydroxylation sites is 1. The van der Waals surface area contributed by atoms with Crippen LogP contribution < -0.4 is 10.2 Å². The van der Waals surface area contributed by atoms with Crippen molar-refractivity contribution in [3.05, 3.63) is 71.8 Å². The van der Waals surface area contributed by atoms with E-state index in [1.807, 2.05) is 74.5 Å². The average Bonchev–Trinajstić information content (AvgIpc) is 3.30. The Bertz CT molecular complexity index is 1300. The highest BCUT2D eigenvalue weighted by molar-refractivity contribution is 6.07. The van der Waals surface area contributed by atoms with Gasteiger partial charge in [-0.2, -0.15) is 0 Å². The molecule has 0 spiro atoms. The maximum atomic E-state index is 12.8. The van der Waals surface area contributed by atoms with Crippen LogP contribution in [0.2, 0.25) is 0 Å². The molecule has 5 rings (SSSR count). The van der Waals surface area contributed by atoms with E-state index in [1.165, 1.54) is 5.56 Å². The van der Waals surface area contributed by atoms with Crippen molar-refractivity contribution >= 4 is 45.1 Å². The molecule has 0 radical (unpaired) electrons. The van der Waals surface area contributed by atoms with Gasteiger partial charge in [0.2, 0.25) is 11.8 Å². The molecule has 1 atom stereocenters. The van der Waals surface area contributed by atoms with Crippen LogP contribution in [0, 0.1) is 19.8 Å². The van der Waals surface area contributed by atoms with Gasteiger partial charge in [-0.15, -0.1) is 0 Å². The van der Waals surface area contributed by atoms with Gasteiger partial charge in [0.1, 0.15) is 11.2 Å². The summed E-state index contributed by atoms with van der Waals surface area (Å²) >= 11 is 0. The van der Waals surface area contributed by atoms with E-state index >= 15 is 0 Å². The van der Waals surface area contributed by atoms with Crippen molar-refractivity contribution in [1.82, 2.24) is 0 Å². The van der Waals surface area contributed by atoms with Crippen molar-refractivity contribution in [2.75, 3.05) is 16.8 Å². The van der Waals surface area contributed by atoms with Gasteiger partial charge in [-0.25, -0.2) is 0 Å². The number of nitrogens with one attached hydrogen (secondary N) is 1. The van der Waals surface area contributed by atoms with Crippen LogP contribution in [0.3, 0.4) is 0 Å². The quantitative estimate of drug-likeness (QED) is 0.516. The van der Waals surface area contributed by atoms with E-state index in [1.54, 1.807) is 4.90 Å². The minimum Gasteiger partial charge on any atom is -0.456 e. The molecule has 1 aromatic heterocycles. The molecule has 1 fully saturated rings. The van der Waals surface area contributed by atoms with Crippen molar-refractivity contribution in [1.29, 1.82) is 0 Å². The van der Waals surface area contributed by atoms with Crippen molar-refractivity contribution in [3.8, 4) is 0 Å². The first kappa shape index (κ1) is 18.4. The van der Waals surface area contributed by atoms with Gasteiger partial charge in [0.25, 0.3) is 0 Å². The highest BCUT2D eigenvalue weighted by atomic mass is 16.3. The normalized spacial score (nSPS) is 16.5. The number of nitrogens with zero attached hydrogens (tertiary/aromatic N) is 1. The molecule has 150 valence electrons. The Labute approximate surface area is 174 Å². The molecule has 3 aromatic carbocycles. The topological polar surface area (TPSA) is 62.6 Å². The average molecular weight is 398 g/mol. The molecule has 0 bridgehead atoms. The Morgan fingerprint density at radius 1 is 0.967 bits per heavy atom. The van der Waals surface area contributed by atoms with E-state index in [9.17, 15) is 9.59 Å². The zero-order chi connectivity index (χ0) is 20.8. The van der Waals surface area contributed by atoms with E-state index in [2.05, 4.69) is 5.32 Å². The van der Waals surface area contributed by atoms with Crippen LogP contribution >= 0.6 is 0 Å². The fraction of sp³-hybridized carbons (Fsp3) is 0.200. The number of fused-ring (bicyclic) bond motifs is 3. The number of rotatable bonds is 3. The zero-order valence-corrected chi connectivity index (χ0v) is 16.9. The Hall–Kier alpha value is -3.60. The molecule has 5 heteroatoms. The predicted molar refractivity (Wildman–Crippen MR) is 119 cm³/mol. The van der Waals surface area contributed by atoms with Crippen LogP contribution in [0.5, 0.6) is 0 Å². The van der Waals surface area contributed by atoms with Gasteiger partial charge in [-0.05, 0) is 55.3 Å². The molecule has 5 nitrogen and oxygen atoms in total. The molecule has 30 heavy (non-hydrogen) atoms. The van der Waals surface area contributed by atoms with Gasteiger partial charge < -0.3 is 14.6 Å². The lowest BCUT2D eigenvalue weighted by Crippen LogP contribution is -2.28. The maximum absolute atomic E-state index is 12.8. The zero-order valence-electron chi connectivity index (χ0n) is 16.9. The van der Waals surface area contributed by atoms with Crippen LogP contribution in [-0.2, 0) is 9.59 Å². The number of anilines is 2. The number of carbonyl (C=O) groups excluding carboxylic acids is 2. The lowest BCUT2D eigenvalue weighted by Gasteiger charge is -2.18. The molecule has 2 amide bonds. The van der Waals surface area contributed by atoms with E-state index in [-0.39, 0.29) is 24.2 Å². The van der Waals surface area contributed by atoms with E-state index in [0.29, 0.717) is 12.2 Å². The van der Waals surface area contributed by atoms with Gasteiger partial charge >= 0.3 is 0 Å². The molecule has 0 unspecified atom stereocenters. The number of hydrogen-bond acceptors (Lipinski definition) is 3. The van der Waals surface area contributed by atoms with Crippen LogP contribution in [0.15, 0.2) is 65.1 Å². The Balaban J connectivity index is 1.34. The first-order valence-electron chi connectivity index (χ1n) is 10.1. The molecule has 2 heterocycles. The van der Waals surface area contributed by atoms with Crippen molar-refractivity contribution < 1.29 is 14.0 Å². The largest absolute Gasteiger partial charge is 0.456 e. The molecule has 0 aliphatic carbocycles. The second-order valence-corrected chi connectivity index (χ2v) is 7.97. The van der Waals surface area contributed by atoms with E-state index < -0.39 is 0 Å². The smallest absolute Gasteiger partial charge is 0.229 e. The minimum atomic E-state index is -0.384. The summed E-state index contributed by atoms with van der Waals surface area (Å²) in [5.74, 6) is -0.554. The molecule has 0 saturated carbocycles.